The Bertz CT molecular complexity index is 568. The molecular formula is C12H11F3N2O3. The van der Waals surface area contributed by atoms with Gasteiger partial charge in [0.1, 0.15) is 0 Å². The largest absolute Gasteiger partial charge is 0.471 e. The van der Waals surface area contributed by atoms with Gasteiger partial charge in [-0.1, -0.05) is 18.7 Å². The van der Waals surface area contributed by atoms with Crippen LogP contribution in [0, 0.1) is 17.0 Å². The molecule has 1 aromatic rings. The van der Waals surface area contributed by atoms with E-state index in [2.05, 4.69) is 6.58 Å². The van der Waals surface area contributed by atoms with Crippen molar-refractivity contribution in [2.24, 2.45) is 0 Å². The van der Waals surface area contributed by atoms with Gasteiger partial charge in [-0.3, -0.25) is 14.9 Å². The molecule has 0 heterocycles. The molecule has 0 saturated heterocycles. The third-order valence-electron chi connectivity index (χ3n) is 2.67. The van der Waals surface area contributed by atoms with Gasteiger partial charge < -0.3 is 5.32 Å². The Balaban J connectivity index is 3.04. The van der Waals surface area contributed by atoms with Crippen molar-refractivity contribution in [2.45, 2.75) is 19.6 Å². The summed E-state index contributed by atoms with van der Waals surface area (Å²) in [4.78, 5) is 21.0. The summed E-state index contributed by atoms with van der Waals surface area (Å²) in [6, 6.07) is 2.78. The molecular weight excluding hydrogens is 277 g/mol. The van der Waals surface area contributed by atoms with Crippen LogP contribution in [0.15, 0.2) is 18.7 Å². The number of nitrogens with zero attached hydrogens (tertiary/aromatic N) is 1. The quantitative estimate of drug-likeness (QED) is 0.684. The van der Waals surface area contributed by atoms with Crippen molar-refractivity contribution >= 4 is 17.7 Å². The Morgan fingerprint density at radius 1 is 1.50 bits per heavy atom. The molecule has 1 amide bonds. The first kappa shape index (κ1) is 15.7. The van der Waals surface area contributed by atoms with Gasteiger partial charge in [-0.2, -0.15) is 13.2 Å². The lowest BCUT2D eigenvalue weighted by Crippen LogP contribution is -2.36. The fourth-order valence-corrected chi connectivity index (χ4v) is 1.64. The van der Waals surface area contributed by atoms with Gasteiger partial charge in [0.25, 0.3) is 5.69 Å². The Hall–Kier alpha value is -2.38. The van der Waals surface area contributed by atoms with Crippen molar-refractivity contribution in [3.8, 4) is 0 Å². The van der Waals surface area contributed by atoms with Crippen LogP contribution in [-0.4, -0.2) is 17.0 Å². The molecule has 0 spiro atoms. The standard InChI is InChI=1S/C12H11F3N2O3/c1-3-8-4-5-9(7(2)10(8)17(19)20)6-16-11(18)12(13,14)15/h3-5H,1,6H2,2H3,(H,16,18). The van der Waals surface area contributed by atoms with Crippen LogP contribution in [0.25, 0.3) is 6.08 Å². The van der Waals surface area contributed by atoms with E-state index < -0.39 is 23.6 Å². The van der Waals surface area contributed by atoms with Crippen LogP contribution in [-0.2, 0) is 11.3 Å². The van der Waals surface area contributed by atoms with Gasteiger partial charge in [0, 0.05) is 12.1 Å². The lowest BCUT2D eigenvalue weighted by molar-refractivity contribution is -0.385. The zero-order valence-corrected chi connectivity index (χ0v) is 10.5. The highest BCUT2D eigenvalue weighted by Crippen LogP contribution is 2.27. The lowest BCUT2D eigenvalue weighted by atomic mass is 10.0. The van der Waals surface area contributed by atoms with Gasteiger partial charge in [-0.05, 0) is 18.6 Å². The fraction of sp³-hybridized carbons (Fsp3) is 0.250. The molecule has 0 radical (unpaired) electrons. The third kappa shape index (κ3) is 3.34. The molecule has 0 aliphatic rings. The fourth-order valence-electron chi connectivity index (χ4n) is 1.64. The summed E-state index contributed by atoms with van der Waals surface area (Å²) >= 11 is 0. The van der Waals surface area contributed by atoms with Crippen LogP contribution in [0.4, 0.5) is 18.9 Å². The van der Waals surface area contributed by atoms with Crippen LogP contribution in [0.5, 0.6) is 0 Å². The van der Waals surface area contributed by atoms with Crippen molar-refractivity contribution < 1.29 is 22.9 Å². The SMILES string of the molecule is C=Cc1ccc(CNC(=O)C(F)(F)F)c(C)c1[N+](=O)[O-]. The van der Waals surface area contributed by atoms with Gasteiger partial charge in [0.05, 0.1) is 10.5 Å². The first-order valence-electron chi connectivity index (χ1n) is 5.42. The second kappa shape index (κ2) is 5.72. The molecule has 1 N–H and O–H groups in total. The van der Waals surface area contributed by atoms with E-state index in [0.29, 0.717) is 0 Å². The highest BCUT2D eigenvalue weighted by molar-refractivity contribution is 5.81. The first-order valence-corrected chi connectivity index (χ1v) is 5.42. The number of nitro benzene ring substituents is 1. The van der Waals surface area contributed by atoms with E-state index in [1.54, 1.807) is 5.32 Å². The molecule has 8 heteroatoms. The van der Waals surface area contributed by atoms with Gasteiger partial charge in [0.15, 0.2) is 0 Å². The second-order valence-electron chi connectivity index (χ2n) is 3.93. The number of hydrogen-bond donors (Lipinski definition) is 1. The highest BCUT2D eigenvalue weighted by Gasteiger charge is 2.38. The molecule has 0 unspecified atom stereocenters. The van der Waals surface area contributed by atoms with E-state index in [-0.39, 0.29) is 22.4 Å². The third-order valence-corrected chi connectivity index (χ3v) is 2.67. The number of benzene rings is 1. The topological polar surface area (TPSA) is 72.2 Å². The summed E-state index contributed by atoms with van der Waals surface area (Å²) < 4.78 is 36.1. The Kier molecular flexibility index (Phi) is 4.49. The van der Waals surface area contributed by atoms with Gasteiger partial charge in [0.2, 0.25) is 0 Å². The molecule has 1 aromatic carbocycles. The van der Waals surface area contributed by atoms with Crippen LogP contribution in [0.3, 0.4) is 0 Å². The highest BCUT2D eigenvalue weighted by atomic mass is 19.4. The number of hydrogen-bond acceptors (Lipinski definition) is 3. The second-order valence-corrected chi connectivity index (χ2v) is 3.93. The molecule has 20 heavy (non-hydrogen) atoms. The molecule has 0 saturated carbocycles. The summed E-state index contributed by atoms with van der Waals surface area (Å²) in [5.74, 6) is -2.09. The molecule has 0 aliphatic carbocycles. The molecule has 0 bridgehead atoms. The van der Waals surface area contributed by atoms with Crippen LogP contribution >= 0.6 is 0 Å². The molecule has 108 valence electrons. The molecule has 0 aromatic heterocycles. The Labute approximate surface area is 112 Å². The summed E-state index contributed by atoms with van der Waals surface area (Å²) in [6.07, 6.45) is -3.70. The number of nitro groups is 1. The number of alkyl halides is 3. The maximum Gasteiger partial charge on any atom is 0.471 e. The van der Waals surface area contributed by atoms with Crippen molar-refractivity contribution in [3.05, 3.63) is 45.5 Å². The monoisotopic (exact) mass is 288 g/mol. The van der Waals surface area contributed by atoms with E-state index in [0.717, 1.165) is 0 Å². The number of carbonyl (C=O) groups is 1. The summed E-state index contributed by atoms with van der Waals surface area (Å²) in [5.41, 5.74) is 0.451. The molecule has 0 fully saturated rings. The zero-order valence-electron chi connectivity index (χ0n) is 10.5. The number of nitrogens with one attached hydrogen (secondary N) is 1. The van der Waals surface area contributed by atoms with Crippen LogP contribution < -0.4 is 5.32 Å². The lowest BCUT2D eigenvalue weighted by Gasteiger charge is -2.11. The van der Waals surface area contributed by atoms with Crippen molar-refractivity contribution in [2.75, 3.05) is 0 Å². The number of amides is 1. The normalized spacial score (nSPS) is 11.0. The van der Waals surface area contributed by atoms with E-state index in [9.17, 15) is 28.1 Å². The minimum absolute atomic E-state index is 0.190. The predicted molar refractivity (Wildman–Crippen MR) is 65.8 cm³/mol. The van der Waals surface area contributed by atoms with Crippen LogP contribution in [0.1, 0.15) is 16.7 Å². The maximum atomic E-state index is 12.0. The van der Waals surface area contributed by atoms with E-state index in [1.165, 1.54) is 25.1 Å². The summed E-state index contributed by atoms with van der Waals surface area (Å²) in [6.45, 7) is 4.39. The minimum Gasteiger partial charge on any atom is -0.344 e. The smallest absolute Gasteiger partial charge is 0.344 e. The van der Waals surface area contributed by atoms with E-state index in [4.69, 9.17) is 0 Å². The van der Waals surface area contributed by atoms with Gasteiger partial charge in [-0.25, -0.2) is 0 Å². The number of rotatable bonds is 4. The van der Waals surface area contributed by atoms with Crippen molar-refractivity contribution in [3.63, 3.8) is 0 Å². The molecule has 1 rings (SSSR count). The average Bonchev–Trinajstić information content (AvgIpc) is 2.34. The molecule has 0 aliphatic heterocycles. The summed E-state index contributed by atoms with van der Waals surface area (Å²) in [5, 5.41) is 12.6. The number of carbonyl (C=O) groups excluding carboxylic acids is 1. The molecule has 5 nitrogen and oxygen atoms in total. The Morgan fingerprint density at radius 2 is 2.10 bits per heavy atom. The Morgan fingerprint density at radius 3 is 2.55 bits per heavy atom. The van der Waals surface area contributed by atoms with Crippen molar-refractivity contribution in [1.29, 1.82) is 0 Å². The summed E-state index contributed by atoms with van der Waals surface area (Å²) in [7, 11) is 0. The van der Waals surface area contributed by atoms with Crippen LogP contribution in [0.2, 0.25) is 0 Å². The van der Waals surface area contributed by atoms with Gasteiger partial charge >= 0.3 is 12.1 Å². The maximum absolute atomic E-state index is 12.0. The van der Waals surface area contributed by atoms with Gasteiger partial charge in [-0.15, -0.1) is 0 Å². The average molecular weight is 288 g/mol. The molecule has 0 atom stereocenters. The van der Waals surface area contributed by atoms with Crippen molar-refractivity contribution in [1.82, 2.24) is 5.32 Å². The zero-order chi connectivity index (χ0) is 15.5. The first-order chi connectivity index (χ1) is 9.18. The van der Waals surface area contributed by atoms with E-state index in [1.807, 2.05) is 0 Å². The number of halogens is 3. The minimum atomic E-state index is -4.99. The van der Waals surface area contributed by atoms with E-state index >= 15 is 0 Å². The predicted octanol–water partition coefficient (Wildman–Crippen LogP) is 2.72.